The first kappa shape index (κ1) is 15.8. The Bertz CT molecular complexity index is 417. The predicted molar refractivity (Wildman–Crippen MR) is 78.9 cm³/mol. The van der Waals surface area contributed by atoms with Crippen molar-refractivity contribution >= 4 is 21.8 Å². The lowest BCUT2D eigenvalue weighted by Gasteiger charge is -2.15. The van der Waals surface area contributed by atoms with E-state index < -0.39 is 0 Å². The van der Waals surface area contributed by atoms with Crippen molar-refractivity contribution in [1.82, 2.24) is 5.32 Å². The highest BCUT2D eigenvalue weighted by atomic mass is 79.9. The van der Waals surface area contributed by atoms with Gasteiger partial charge in [0.15, 0.2) is 11.5 Å². The third-order valence-electron chi connectivity index (χ3n) is 3.00. The maximum atomic E-state index is 11.9. The van der Waals surface area contributed by atoms with Gasteiger partial charge in [-0.25, -0.2) is 0 Å². The number of rotatable bonds is 7. The van der Waals surface area contributed by atoms with Gasteiger partial charge >= 0.3 is 0 Å². The summed E-state index contributed by atoms with van der Waals surface area (Å²) in [7, 11) is 0. The van der Waals surface area contributed by atoms with E-state index in [2.05, 4.69) is 28.2 Å². The molecule has 0 spiro atoms. The van der Waals surface area contributed by atoms with Gasteiger partial charge in [-0.3, -0.25) is 4.79 Å². The fourth-order valence-corrected chi connectivity index (χ4v) is 2.56. The lowest BCUT2D eigenvalue weighted by molar-refractivity contribution is 0.0945. The van der Waals surface area contributed by atoms with Crippen molar-refractivity contribution in [3.8, 4) is 11.5 Å². The number of phenols is 2. The second kappa shape index (κ2) is 8.04. The minimum atomic E-state index is -0.279. The normalized spacial score (nSPS) is 12.1. The second-order valence-electron chi connectivity index (χ2n) is 4.55. The number of nitrogens with one attached hydrogen (secondary N) is 1. The number of halogens is 1. The van der Waals surface area contributed by atoms with Crippen molar-refractivity contribution in [1.29, 1.82) is 0 Å². The highest BCUT2D eigenvalue weighted by Gasteiger charge is 2.12. The van der Waals surface area contributed by atoms with E-state index in [4.69, 9.17) is 0 Å². The largest absolute Gasteiger partial charge is 0.504 e. The molecule has 1 aromatic carbocycles. The molecule has 0 fully saturated rings. The molecule has 0 saturated carbocycles. The van der Waals surface area contributed by atoms with Gasteiger partial charge in [0.25, 0.3) is 5.91 Å². The third-order valence-corrected chi connectivity index (χ3v) is 3.46. The molecule has 19 heavy (non-hydrogen) atoms. The predicted octanol–water partition coefficient (Wildman–Crippen LogP) is 3.03. The summed E-state index contributed by atoms with van der Waals surface area (Å²) in [5.41, 5.74) is 0.351. The zero-order chi connectivity index (χ0) is 14.3. The van der Waals surface area contributed by atoms with Gasteiger partial charge in [-0.05, 0) is 37.0 Å². The monoisotopic (exact) mass is 329 g/mol. The van der Waals surface area contributed by atoms with Crippen LogP contribution in [0.5, 0.6) is 11.5 Å². The minimum absolute atomic E-state index is 0.223. The van der Waals surface area contributed by atoms with Crippen molar-refractivity contribution in [3.63, 3.8) is 0 Å². The van der Waals surface area contributed by atoms with Gasteiger partial charge in [0.05, 0.1) is 0 Å². The van der Waals surface area contributed by atoms with Crippen molar-refractivity contribution in [3.05, 3.63) is 23.8 Å². The zero-order valence-corrected chi connectivity index (χ0v) is 12.6. The van der Waals surface area contributed by atoms with Gasteiger partial charge in [0, 0.05) is 17.4 Å². The Labute approximate surface area is 122 Å². The quantitative estimate of drug-likeness (QED) is 0.532. The second-order valence-corrected chi connectivity index (χ2v) is 5.34. The molecule has 0 heterocycles. The van der Waals surface area contributed by atoms with E-state index >= 15 is 0 Å². The Morgan fingerprint density at radius 1 is 1.32 bits per heavy atom. The SMILES string of the molecule is CCCC(CCBr)CNC(=O)c1ccc(O)c(O)c1. The number of hydrogen-bond donors (Lipinski definition) is 3. The first-order valence-electron chi connectivity index (χ1n) is 6.44. The maximum absolute atomic E-state index is 11.9. The van der Waals surface area contributed by atoms with Crippen LogP contribution in [0.1, 0.15) is 36.5 Å². The zero-order valence-electron chi connectivity index (χ0n) is 11.0. The van der Waals surface area contributed by atoms with Gasteiger partial charge in [-0.1, -0.05) is 29.3 Å². The molecule has 0 bridgehead atoms. The molecule has 1 aromatic rings. The molecule has 5 heteroatoms. The molecule has 1 rings (SSSR count). The van der Waals surface area contributed by atoms with Gasteiger partial charge < -0.3 is 15.5 Å². The van der Waals surface area contributed by atoms with Gasteiger partial charge in [0.1, 0.15) is 0 Å². The molecule has 4 nitrogen and oxygen atoms in total. The van der Waals surface area contributed by atoms with E-state index in [1.165, 1.54) is 18.2 Å². The van der Waals surface area contributed by atoms with Crippen molar-refractivity contribution in [2.45, 2.75) is 26.2 Å². The van der Waals surface area contributed by atoms with E-state index in [1.807, 2.05) is 0 Å². The van der Waals surface area contributed by atoms with Crippen LogP contribution in [-0.4, -0.2) is 28.0 Å². The molecule has 0 aromatic heterocycles. The Morgan fingerprint density at radius 2 is 2.05 bits per heavy atom. The fraction of sp³-hybridized carbons (Fsp3) is 0.500. The molecule has 1 unspecified atom stereocenters. The van der Waals surface area contributed by atoms with Gasteiger partial charge in [-0.15, -0.1) is 0 Å². The van der Waals surface area contributed by atoms with Crippen LogP contribution < -0.4 is 5.32 Å². The summed E-state index contributed by atoms with van der Waals surface area (Å²) < 4.78 is 0. The standard InChI is InChI=1S/C14H20BrNO3/c1-2-3-10(6-7-15)9-16-14(19)11-4-5-12(17)13(18)8-11/h4-5,8,10,17-18H,2-3,6-7,9H2,1H3,(H,16,19). The Balaban J connectivity index is 2.56. The molecule has 0 saturated heterocycles. The topological polar surface area (TPSA) is 69.6 Å². The summed E-state index contributed by atoms with van der Waals surface area (Å²) in [6.07, 6.45) is 3.19. The summed E-state index contributed by atoms with van der Waals surface area (Å²) in [6, 6.07) is 4.07. The van der Waals surface area contributed by atoms with Gasteiger partial charge in [0.2, 0.25) is 0 Å². The lowest BCUT2D eigenvalue weighted by atomic mass is 10.0. The van der Waals surface area contributed by atoms with E-state index in [1.54, 1.807) is 0 Å². The van der Waals surface area contributed by atoms with Crippen LogP contribution in [0.25, 0.3) is 0 Å². The summed E-state index contributed by atoms with van der Waals surface area (Å²) in [6.45, 7) is 2.75. The number of benzene rings is 1. The molecular formula is C14H20BrNO3. The van der Waals surface area contributed by atoms with Crippen molar-refractivity contribution in [2.24, 2.45) is 5.92 Å². The maximum Gasteiger partial charge on any atom is 0.251 e. The smallest absolute Gasteiger partial charge is 0.251 e. The molecule has 1 atom stereocenters. The summed E-state index contributed by atoms with van der Waals surface area (Å²) in [5, 5.41) is 22.3. The molecular weight excluding hydrogens is 310 g/mol. The van der Waals surface area contributed by atoms with E-state index in [9.17, 15) is 15.0 Å². The van der Waals surface area contributed by atoms with Crippen LogP contribution in [0.4, 0.5) is 0 Å². The molecule has 0 aliphatic carbocycles. The van der Waals surface area contributed by atoms with Crippen LogP contribution in [0, 0.1) is 5.92 Å². The number of carbonyl (C=O) groups excluding carboxylic acids is 1. The summed E-state index contributed by atoms with van der Waals surface area (Å²) in [5.74, 6) is -0.275. The average molecular weight is 330 g/mol. The lowest BCUT2D eigenvalue weighted by Crippen LogP contribution is -2.29. The average Bonchev–Trinajstić information content (AvgIpc) is 2.39. The van der Waals surface area contributed by atoms with E-state index in [-0.39, 0.29) is 17.4 Å². The molecule has 3 N–H and O–H groups in total. The van der Waals surface area contributed by atoms with Crippen LogP contribution in [0.3, 0.4) is 0 Å². The number of aromatic hydroxyl groups is 2. The van der Waals surface area contributed by atoms with E-state index in [0.29, 0.717) is 18.0 Å². The van der Waals surface area contributed by atoms with Crippen LogP contribution in [-0.2, 0) is 0 Å². The number of carbonyl (C=O) groups is 1. The van der Waals surface area contributed by atoms with Crippen LogP contribution >= 0.6 is 15.9 Å². The fourth-order valence-electron chi connectivity index (χ4n) is 1.91. The number of alkyl halides is 1. The van der Waals surface area contributed by atoms with Crippen LogP contribution in [0.2, 0.25) is 0 Å². The number of amides is 1. The molecule has 0 aliphatic heterocycles. The van der Waals surface area contributed by atoms with Crippen molar-refractivity contribution < 1.29 is 15.0 Å². The summed E-state index contributed by atoms with van der Waals surface area (Å²) >= 11 is 3.42. The Hall–Kier alpha value is -1.23. The highest BCUT2D eigenvalue weighted by molar-refractivity contribution is 9.09. The van der Waals surface area contributed by atoms with Crippen LogP contribution in [0.15, 0.2) is 18.2 Å². The molecule has 1 amide bonds. The molecule has 0 aliphatic rings. The summed E-state index contributed by atoms with van der Waals surface area (Å²) in [4.78, 5) is 11.9. The molecule has 106 valence electrons. The number of hydrogen-bond acceptors (Lipinski definition) is 3. The number of phenolic OH excluding ortho intramolecular Hbond substituents is 2. The Kier molecular flexibility index (Phi) is 6.70. The first-order chi connectivity index (χ1) is 9.08. The van der Waals surface area contributed by atoms with Gasteiger partial charge in [-0.2, -0.15) is 0 Å². The Morgan fingerprint density at radius 3 is 2.63 bits per heavy atom. The highest BCUT2D eigenvalue weighted by Crippen LogP contribution is 2.24. The first-order valence-corrected chi connectivity index (χ1v) is 7.56. The third kappa shape index (κ3) is 5.11. The molecule has 0 radical (unpaired) electrons. The minimum Gasteiger partial charge on any atom is -0.504 e. The van der Waals surface area contributed by atoms with Crippen molar-refractivity contribution in [2.75, 3.05) is 11.9 Å². The van der Waals surface area contributed by atoms with E-state index in [0.717, 1.165) is 24.6 Å².